The molecule has 3 heteroatoms. The molecule has 1 rings (SSSR count). The number of halogens is 1. The van der Waals surface area contributed by atoms with Crippen LogP contribution >= 0.6 is 15.9 Å². The van der Waals surface area contributed by atoms with Crippen LogP contribution in [-0.2, 0) is 6.42 Å². The fraction of sp³-hybridized carbons (Fsp3) is 0.571. The number of imidazole rings is 1. The van der Waals surface area contributed by atoms with E-state index in [1.165, 1.54) is 5.69 Å². The number of rotatable bonds is 2. The molecular weight excluding hydrogens is 192 g/mol. The second-order valence-corrected chi connectivity index (χ2v) is 3.52. The summed E-state index contributed by atoms with van der Waals surface area (Å²) < 4.78 is 0.946. The van der Waals surface area contributed by atoms with Crippen molar-refractivity contribution in [2.75, 3.05) is 0 Å². The van der Waals surface area contributed by atoms with E-state index >= 15 is 0 Å². The van der Waals surface area contributed by atoms with Crippen molar-refractivity contribution in [1.29, 1.82) is 0 Å². The van der Waals surface area contributed by atoms with Gasteiger partial charge in [-0.15, -0.1) is 0 Å². The minimum absolute atomic E-state index is 0.678. The lowest BCUT2D eigenvalue weighted by atomic mass is 10.1. The Labute approximate surface area is 69.2 Å². The SMILES string of the molecule is CC(C)Cc1[nH]cnc1Br. The third-order valence-electron chi connectivity index (χ3n) is 1.28. The highest BCUT2D eigenvalue weighted by molar-refractivity contribution is 9.10. The van der Waals surface area contributed by atoms with Gasteiger partial charge < -0.3 is 4.98 Å². The van der Waals surface area contributed by atoms with Gasteiger partial charge >= 0.3 is 0 Å². The summed E-state index contributed by atoms with van der Waals surface area (Å²) in [5.74, 6) is 0.678. The maximum atomic E-state index is 4.03. The van der Waals surface area contributed by atoms with Crippen molar-refractivity contribution in [1.82, 2.24) is 9.97 Å². The molecule has 56 valence electrons. The predicted molar refractivity (Wildman–Crippen MR) is 44.8 cm³/mol. The van der Waals surface area contributed by atoms with Gasteiger partial charge in [-0.25, -0.2) is 4.98 Å². The average Bonchev–Trinajstić information content (AvgIpc) is 2.15. The molecule has 0 spiro atoms. The Bertz CT molecular complexity index is 205. The van der Waals surface area contributed by atoms with Crippen LogP contribution in [0.15, 0.2) is 10.9 Å². The van der Waals surface area contributed by atoms with E-state index in [1.54, 1.807) is 6.33 Å². The van der Waals surface area contributed by atoms with Gasteiger partial charge in [0.2, 0.25) is 0 Å². The number of aromatic nitrogens is 2. The molecule has 0 atom stereocenters. The zero-order valence-corrected chi connectivity index (χ0v) is 7.77. The number of nitrogens with zero attached hydrogens (tertiary/aromatic N) is 1. The third kappa shape index (κ3) is 1.84. The fourth-order valence-corrected chi connectivity index (χ4v) is 1.23. The highest BCUT2D eigenvalue weighted by Gasteiger charge is 2.03. The third-order valence-corrected chi connectivity index (χ3v) is 1.96. The molecule has 10 heavy (non-hydrogen) atoms. The number of nitrogens with one attached hydrogen (secondary N) is 1. The maximum Gasteiger partial charge on any atom is 0.127 e. The molecule has 0 aliphatic rings. The van der Waals surface area contributed by atoms with Crippen LogP contribution in [0.5, 0.6) is 0 Å². The van der Waals surface area contributed by atoms with Crippen molar-refractivity contribution < 1.29 is 0 Å². The van der Waals surface area contributed by atoms with E-state index < -0.39 is 0 Å². The first kappa shape index (κ1) is 7.79. The molecule has 0 amide bonds. The zero-order valence-electron chi connectivity index (χ0n) is 6.19. The zero-order chi connectivity index (χ0) is 7.56. The van der Waals surface area contributed by atoms with Crippen LogP contribution in [0.25, 0.3) is 0 Å². The first-order chi connectivity index (χ1) is 4.70. The summed E-state index contributed by atoms with van der Waals surface area (Å²) in [5, 5.41) is 0. The Morgan fingerprint density at radius 1 is 1.70 bits per heavy atom. The molecule has 0 saturated heterocycles. The number of aromatic amines is 1. The van der Waals surface area contributed by atoms with E-state index in [2.05, 4.69) is 39.7 Å². The highest BCUT2D eigenvalue weighted by Crippen LogP contribution is 2.14. The van der Waals surface area contributed by atoms with Gasteiger partial charge in [0.15, 0.2) is 0 Å². The van der Waals surface area contributed by atoms with Gasteiger partial charge in [-0.05, 0) is 28.3 Å². The van der Waals surface area contributed by atoms with Crippen molar-refractivity contribution in [2.24, 2.45) is 5.92 Å². The fourth-order valence-electron chi connectivity index (χ4n) is 0.856. The molecule has 0 saturated carbocycles. The molecule has 2 nitrogen and oxygen atoms in total. The molecule has 0 unspecified atom stereocenters. The lowest BCUT2D eigenvalue weighted by Gasteiger charge is -2.00. The lowest BCUT2D eigenvalue weighted by molar-refractivity contribution is 0.635. The summed E-state index contributed by atoms with van der Waals surface area (Å²) in [6, 6.07) is 0. The topological polar surface area (TPSA) is 28.7 Å². The van der Waals surface area contributed by atoms with Crippen molar-refractivity contribution in [3.8, 4) is 0 Å². The van der Waals surface area contributed by atoms with Crippen LogP contribution in [-0.4, -0.2) is 9.97 Å². The minimum atomic E-state index is 0.678. The molecule has 1 heterocycles. The smallest absolute Gasteiger partial charge is 0.127 e. The Morgan fingerprint density at radius 2 is 2.40 bits per heavy atom. The average molecular weight is 203 g/mol. The quantitative estimate of drug-likeness (QED) is 0.785. The minimum Gasteiger partial charge on any atom is -0.348 e. The van der Waals surface area contributed by atoms with E-state index in [0.29, 0.717) is 5.92 Å². The normalized spacial score (nSPS) is 10.8. The van der Waals surface area contributed by atoms with E-state index in [4.69, 9.17) is 0 Å². The summed E-state index contributed by atoms with van der Waals surface area (Å²) in [7, 11) is 0. The van der Waals surface area contributed by atoms with E-state index in [1.807, 2.05) is 0 Å². The van der Waals surface area contributed by atoms with Gasteiger partial charge in [0.1, 0.15) is 4.60 Å². The van der Waals surface area contributed by atoms with Gasteiger partial charge in [0, 0.05) is 5.69 Å². The van der Waals surface area contributed by atoms with Crippen molar-refractivity contribution >= 4 is 15.9 Å². The van der Waals surface area contributed by atoms with Crippen LogP contribution < -0.4 is 0 Å². The van der Waals surface area contributed by atoms with Gasteiger partial charge in [-0.2, -0.15) is 0 Å². The molecule has 0 aromatic carbocycles. The summed E-state index contributed by atoms with van der Waals surface area (Å²) in [6.45, 7) is 4.38. The standard InChI is InChI=1S/C7H11BrN2/c1-5(2)3-6-7(8)10-4-9-6/h4-5H,3H2,1-2H3,(H,9,10). The first-order valence-electron chi connectivity index (χ1n) is 3.38. The largest absolute Gasteiger partial charge is 0.348 e. The van der Waals surface area contributed by atoms with Crippen molar-refractivity contribution in [2.45, 2.75) is 20.3 Å². The lowest BCUT2D eigenvalue weighted by Crippen LogP contribution is -1.94. The Hall–Kier alpha value is -0.310. The Kier molecular flexibility index (Phi) is 2.49. The molecule has 0 radical (unpaired) electrons. The molecule has 1 aromatic heterocycles. The number of hydrogen-bond donors (Lipinski definition) is 1. The first-order valence-corrected chi connectivity index (χ1v) is 4.17. The maximum absolute atomic E-state index is 4.03. The van der Waals surface area contributed by atoms with Crippen LogP contribution in [0.1, 0.15) is 19.5 Å². The monoisotopic (exact) mass is 202 g/mol. The molecule has 1 aromatic rings. The Morgan fingerprint density at radius 3 is 2.80 bits per heavy atom. The van der Waals surface area contributed by atoms with E-state index in [-0.39, 0.29) is 0 Å². The number of hydrogen-bond acceptors (Lipinski definition) is 1. The molecule has 0 aliphatic heterocycles. The van der Waals surface area contributed by atoms with Crippen LogP contribution in [0.4, 0.5) is 0 Å². The number of H-pyrrole nitrogens is 1. The van der Waals surface area contributed by atoms with Crippen LogP contribution in [0, 0.1) is 5.92 Å². The van der Waals surface area contributed by atoms with Gasteiger partial charge in [0.05, 0.1) is 6.33 Å². The van der Waals surface area contributed by atoms with Gasteiger partial charge in [0.25, 0.3) is 0 Å². The molecule has 1 N–H and O–H groups in total. The predicted octanol–water partition coefficient (Wildman–Crippen LogP) is 2.37. The summed E-state index contributed by atoms with van der Waals surface area (Å²) in [6.07, 6.45) is 2.77. The van der Waals surface area contributed by atoms with Crippen molar-refractivity contribution in [3.63, 3.8) is 0 Å². The Balaban J connectivity index is 2.65. The van der Waals surface area contributed by atoms with Crippen molar-refractivity contribution in [3.05, 3.63) is 16.6 Å². The van der Waals surface area contributed by atoms with Crippen LogP contribution in [0.3, 0.4) is 0 Å². The second kappa shape index (κ2) is 3.19. The second-order valence-electron chi connectivity index (χ2n) is 2.77. The highest BCUT2D eigenvalue weighted by atomic mass is 79.9. The molecule has 0 bridgehead atoms. The summed E-state index contributed by atoms with van der Waals surface area (Å²) in [5.41, 5.74) is 1.19. The molecular formula is C7H11BrN2. The summed E-state index contributed by atoms with van der Waals surface area (Å²) in [4.78, 5) is 7.11. The van der Waals surface area contributed by atoms with E-state index in [9.17, 15) is 0 Å². The molecule has 0 aliphatic carbocycles. The van der Waals surface area contributed by atoms with Crippen LogP contribution in [0.2, 0.25) is 0 Å². The summed E-state index contributed by atoms with van der Waals surface area (Å²) >= 11 is 3.35. The van der Waals surface area contributed by atoms with E-state index in [0.717, 1.165) is 11.0 Å². The van der Waals surface area contributed by atoms with Gasteiger partial charge in [-0.1, -0.05) is 13.8 Å². The van der Waals surface area contributed by atoms with Gasteiger partial charge in [-0.3, -0.25) is 0 Å². The molecule has 0 fully saturated rings.